The number of halogens is 3. The van der Waals surface area contributed by atoms with Gasteiger partial charge in [-0.1, -0.05) is 56.0 Å². The molecule has 0 saturated heterocycles. The molecule has 0 aliphatic heterocycles. The smallest absolute Gasteiger partial charge is 0.374 e. The van der Waals surface area contributed by atoms with Gasteiger partial charge in [0.25, 0.3) is 0 Å². The van der Waals surface area contributed by atoms with Crippen molar-refractivity contribution in [1.29, 1.82) is 5.26 Å². The molecule has 36 heavy (non-hydrogen) atoms. The number of nitrogens with two attached hydrogens (primary N) is 1. The highest BCUT2D eigenvalue weighted by molar-refractivity contribution is 7.98. The Labute approximate surface area is 211 Å². The maximum atomic E-state index is 13.2. The third-order valence-electron chi connectivity index (χ3n) is 4.93. The van der Waals surface area contributed by atoms with Gasteiger partial charge in [0.2, 0.25) is 5.95 Å². The normalized spacial score (nSPS) is 11.8. The van der Waals surface area contributed by atoms with Crippen molar-refractivity contribution >= 4 is 29.3 Å². The van der Waals surface area contributed by atoms with Crippen LogP contribution in [0, 0.1) is 11.3 Å². The molecule has 3 rings (SSSR count). The second-order valence-corrected chi connectivity index (χ2v) is 8.26. The van der Waals surface area contributed by atoms with Crippen LogP contribution in [0.15, 0.2) is 59.6 Å². The van der Waals surface area contributed by atoms with Crippen molar-refractivity contribution in [2.45, 2.75) is 37.7 Å². The number of Topliss-reactive ketones (excluding diaryl/α,β-unsaturated/α-hetero) is 1. The van der Waals surface area contributed by atoms with E-state index < -0.39 is 23.6 Å². The van der Waals surface area contributed by atoms with Crippen LogP contribution in [0.1, 0.15) is 29.7 Å². The quantitative estimate of drug-likeness (QED) is 0.282. The number of hydrogen-bond donors (Lipinski definition) is 2. The molecule has 1 aromatic heterocycles. The third-order valence-corrected chi connectivity index (χ3v) is 5.61. The number of anilines is 2. The third kappa shape index (κ3) is 7.69. The first-order valence-electron chi connectivity index (χ1n) is 10.4. The van der Waals surface area contributed by atoms with Crippen LogP contribution < -0.4 is 11.1 Å². The minimum Gasteiger partial charge on any atom is -0.374 e. The Morgan fingerprint density at radius 1 is 1.17 bits per heavy atom. The number of nitrogens with zero attached hydrogens (tertiary/aromatic N) is 3. The van der Waals surface area contributed by atoms with Crippen molar-refractivity contribution in [3.05, 3.63) is 76.9 Å². The second kappa shape index (κ2) is 12.9. The summed E-state index contributed by atoms with van der Waals surface area (Å²) in [4.78, 5) is 21.3. The van der Waals surface area contributed by atoms with E-state index in [1.54, 1.807) is 6.26 Å². The Bertz CT molecular complexity index is 1220. The lowest BCUT2D eigenvalue weighted by atomic mass is 10.0. The van der Waals surface area contributed by atoms with Gasteiger partial charge in [0, 0.05) is 6.42 Å². The number of nitriles is 1. The maximum absolute atomic E-state index is 13.2. The zero-order valence-electron chi connectivity index (χ0n) is 18.7. The van der Waals surface area contributed by atoms with Crippen molar-refractivity contribution in [2.75, 3.05) is 23.9 Å². The summed E-state index contributed by atoms with van der Waals surface area (Å²) in [5, 5.41) is 12.8. The fourth-order valence-corrected chi connectivity index (χ4v) is 3.77. The molecule has 3 aromatic rings. The monoisotopic (exact) mass is 517 g/mol. The molecule has 0 aliphatic carbocycles. The summed E-state index contributed by atoms with van der Waals surface area (Å²) in [5.41, 5.74) is 6.10. The Kier molecular flexibility index (Phi) is 10.3. The van der Waals surface area contributed by atoms with E-state index in [-0.39, 0.29) is 50.0 Å². The Hall–Kier alpha value is -3.62. The van der Waals surface area contributed by atoms with Gasteiger partial charge in [0.1, 0.15) is 22.7 Å². The number of alkyl halides is 3. The van der Waals surface area contributed by atoms with E-state index in [0.29, 0.717) is 5.03 Å². The average Bonchev–Trinajstić information content (AvgIpc) is 2.83. The highest BCUT2D eigenvalue weighted by Crippen LogP contribution is 2.30. The standard InChI is InChI=1S/C24H22F3N5O2S.CH4/c1-35-22-18(12-28)21(31-23(29)32-22)30-19(14-34-13-15-6-3-2-4-7-15)20(33)11-16-8-5-9-17(10-16)24(25,26)27;/h2-10,19H,11,13-14H2,1H3,(H3,29,30,31,32);1H4/t19-;/m0./s1. The molecule has 0 amide bonds. The lowest BCUT2D eigenvalue weighted by molar-refractivity contribution is -0.137. The summed E-state index contributed by atoms with van der Waals surface area (Å²) in [5.74, 6) is -0.482. The largest absolute Gasteiger partial charge is 0.416 e. The number of benzene rings is 2. The zero-order chi connectivity index (χ0) is 25.4. The van der Waals surface area contributed by atoms with Crippen LogP contribution in [0.25, 0.3) is 0 Å². The van der Waals surface area contributed by atoms with E-state index in [1.165, 1.54) is 23.9 Å². The minimum atomic E-state index is -4.52. The Morgan fingerprint density at radius 3 is 2.50 bits per heavy atom. The molecule has 0 aliphatic rings. The van der Waals surface area contributed by atoms with Crippen LogP contribution in [0.5, 0.6) is 0 Å². The molecule has 1 atom stereocenters. The number of aromatic nitrogens is 2. The van der Waals surface area contributed by atoms with Gasteiger partial charge in [0.15, 0.2) is 11.6 Å². The van der Waals surface area contributed by atoms with Crippen molar-refractivity contribution < 1.29 is 22.7 Å². The van der Waals surface area contributed by atoms with Crippen molar-refractivity contribution in [3.8, 4) is 6.07 Å². The van der Waals surface area contributed by atoms with Crippen LogP contribution in [-0.4, -0.2) is 34.7 Å². The van der Waals surface area contributed by atoms with Crippen LogP contribution in [0.2, 0.25) is 0 Å². The number of rotatable bonds is 10. The molecule has 190 valence electrons. The van der Waals surface area contributed by atoms with E-state index in [2.05, 4.69) is 15.3 Å². The van der Waals surface area contributed by atoms with Gasteiger partial charge >= 0.3 is 6.18 Å². The lowest BCUT2D eigenvalue weighted by Crippen LogP contribution is -2.36. The Morgan fingerprint density at radius 2 is 1.86 bits per heavy atom. The molecule has 3 N–H and O–H groups in total. The average molecular weight is 518 g/mol. The van der Waals surface area contributed by atoms with Crippen LogP contribution >= 0.6 is 11.8 Å². The molecular weight excluding hydrogens is 491 g/mol. The number of carbonyl (C=O) groups excluding carboxylic acids is 1. The summed E-state index contributed by atoms with van der Waals surface area (Å²) in [7, 11) is 0. The topological polar surface area (TPSA) is 114 Å². The summed E-state index contributed by atoms with van der Waals surface area (Å²) in [6, 6.07) is 14.8. The predicted octanol–water partition coefficient (Wildman–Crippen LogP) is 5.12. The molecule has 0 spiro atoms. The fraction of sp³-hybridized carbons (Fsp3) is 0.280. The number of nitrogen functional groups attached to an aromatic ring is 1. The summed E-state index contributed by atoms with van der Waals surface area (Å²) in [6.07, 6.45) is -3.09. The lowest BCUT2D eigenvalue weighted by Gasteiger charge is -2.20. The number of ether oxygens (including phenoxy) is 1. The molecule has 2 aromatic carbocycles. The van der Waals surface area contributed by atoms with E-state index >= 15 is 0 Å². The number of nitrogens with one attached hydrogen (secondary N) is 1. The molecular formula is C25H26F3N5O2S. The SMILES string of the molecule is C.CSc1nc(N)nc(N[C@@H](COCc2ccccc2)C(=O)Cc2cccc(C(F)(F)F)c2)c1C#N. The van der Waals surface area contributed by atoms with Crippen LogP contribution in [0.3, 0.4) is 0 Å². The van der Waals surface area contributed by atoms with Gasteiger partial charge in [-0.05, 0) is 23.4 Å². The van der Waals surface area contributed by atoms with Crippen molar-refractivity contribution in [1.82, 2.24) is 9.97 Å². The van der Waals surface area contributed by atoms with Gasteiger partial charge < -0.3 is 15.8 Å². The Balaban J connectivity index is 0.00000456. The first kappa shape index (κ1) is 28.6. The number of thioether (sulfide) groups is 1. The molecule has 0 bridgehead atoms. The predicted molar refractivity (Wildman–Crippen MR) is 133 cm³/mol. The zero-order valence-corrected chi connectivity index (χ0v) is 19.5. The summed E-state index contributed by atoms with van der Waals surface area (Å²) in [6.45, 7) is 0.0962. The minimum absolute atomic E-state index is 0. The van der Waals surface area contributed by atoms with Gasteiger partial charge in [-0.3, -0.25) is 4.79 Å². The van der Waals surface area contributed by atoms with Gasteiger partial charge in [-0.15, -0.1) is 11.8 Å². The molecule has 0 radical (unpaired) electrons. The van der Waals surface area contributed by atoms with Crippen molar-refractivity contribution in [3.63, 3.8) is 0 Å². The van der Waals surface area contributed by atoms with Gasteiger partial charge in [-0.25, -0.2) is 4.98 Å². The summed E-state index contributed by atoms with van der Waals surface area (Å²) >= 11 is 1.19. The highest BCUT2D eigenvalue weighted by atomic mass is 32.2. The summed E-state index contributed by atoms with van der Waals surface area (Å²) < 4.78 is 45.0. The van der Waals surface area contributed by atoms with Gasteiger partial charge in [0.05, 0.1) is 18.8 Å². The van der Waals surface area contributed by atoms with Crippen molar-refractivity contribution in [2.24, 2.45) is 0 Å². The second-order valence-electron chi connectivity index (χ2n) is 7.47. The van der Waals surface area contributed by atoms with Gasteiger partial charge in [-0.2, -0.15) is 23.4 Å². The number of hydrogen-bond acceptors (Lipinski definition) is 8. The molecule has 0 fully saturated rings. The van der Waals surface area contributed by atoms with Crippen LogP contribution in [0.4, 0.5) is 24.9 Å². The molecule has 0 unspecified atom stereocenters. The van der Waals surface area contributed by atoms with E-state index in [4.69, 9.17) is 10.5 Å². The first-order chi connectivity index (χ1) is 16.7. The fourth-order valence-electron chi connectivity index (χ4n) is 3.24. The maximum Gasteiger partial charge on any atom is 0.416 e. The molecule has 1 heterocycles. The molecule has 11 heteroatoms. The van der Waals surface area contributed by atoms with Crippen LogP contribution in [-0.2, 0) is 28.7 Å². The molecule has 7 nitrogen and oxygen atoms in total. The molecule has 0 saturated carbocycles. The highest BCUT2D eigenvalue weighted by Gasteiger charge is 2.31. The van der Waals surface area contributed by atoms with E-state index in [0.717, 1.165) is 17.7 Å². The number of ketones is 1. The van der Waals surface area contributed by atoms with E-state index in [1.807, 2.05) is 36.4 Å². The van der Waals surface area contributed by atoms with E-state index in [9.17, 15) is 23.2 Å². The number of carbonyl (C=O) groups is 1. The first-order valence-corrected chi connectivity index (χ1v) is 11.6.